The monoisotopic (exact) mass is 330 g/mol. The number of likely N-dealkylation sites (tertiary alicyclic amines) is 1. The van der Waals surface area contributed by atoms with E-state index in [1.165, 1.54) is 5.56 Å². The average Bonchev–Trinajstić information content (AvgIpc) is 2.61. The number of amides is 2. The molecular formula is C19H26N2O3. The van der Waals surface area contributed by atoms with Crippen molar-refractivity contribution in [3.63, 3.8) is 0 Å². The van der Waals surface area contributed by atoms with Gasteiger partial charge >= 0.3 is 0 Å². The molecule has 2 saturated heterocycles. The Kier molecular flexibility index (Phi) is 5.19. The van der Waals surface area contributed by atoms with Crippen LogP contribution in [-0.4, -0.2) is 60.0 Å². The Morgan fingerprint density at radius 3 is 2.67 bits per heavy atom. The molecule has 2 unspecified atom stereocenters. The molecule has 5 heteroatoms. The Hall–Kier alpha value is -1.88. The fourth-order valence-electron chi connectivity index (χ4n) is 3.84. The molecule has 130 valence electrons. The zero-order valence-corrected chi connectivity index (χ0v) is 14.5. The van der Waals surface area contributed by atoms with Gasteiger partial charge in [-0.2, -0.15) is 0 Å². The molecule has 1 aromatic carbocycles. The zero-order valence-electron chi connectivity index (χ0n) is 14.5. The van der Waals surface area contributed by atoms with E-state index in [2.05, 4.69) is 13.0 Å². The molecule has 24 heavy (non-hydrogen) atoms. The maximum Gasteiger partial charge on any atom is 0.227 e. The molecule has 0 bridgehead atoms. The van der Waals surface area contributed by atoms with E-state index in [0.29, 0.717) is 32.7 Å². The van der Waals surface area contributed by atoms with E-state index in [1.807, 2.05) is 28.0 Å². The highest BCUT2D eigenvalue weighted by Gasteiger charge is 2.39. The summed E-state index contributed by atoms with van der Waals surface area (Å²) in [4.78, 5) is 28.4. The van der Waals surface area contributed by atoms with Gasteiger partial charge in [-0.15, -0.1) is 0 Å². The lowest BCUT2D eigenvalue weighted by atomic mass is 9.97. The van der Waals surface area contributed by atoms with Gasteiger partial charge in [0.2, 0.25) is 11.8 Å². The molecular weight excluding hydrogens is 304 g/mol. The molecule has 0 aliphatic carbocycles. The molecule has 0 saturated carbocycles. The van der Waals surface area contributed by atoms with Crippen LogP contribution in [0.4, 0.5) is 0 Å². The van der Waals surface area contributed by atoms with E-state index < -0.39 is 0 Å². The Morgan fingerprint density at radius 2 is 1.96 bits per heavy atom. The number of nitrogens with zero attached hydrogens (tertiary/aromatic N) is 2. The summed E-state index contributed by atoms with van der Waals surface area (Å²) in [6, 6.07) is 8.12. The number of morpholine rings is 1. The van der Waals surface area contributed by atoms with Gasteiger partial charge in [0.25, 0.3) is 0 Å². The first-order valence-corrected chi connectivity index (χ1v) is 8.83. The molecule has 0 spiro atoms. The Morgan fingerprint density at radius 1 is 1.21 bits per heavy atom. The second-order valence-electron chi connectivity index (χ2n) is 6.62. The first-order chi connectivity index (χ1) is 11.6. The van der Waals surface area contributed by atoms with Crippen molar-refractivity contribution in [1.29, 1.82) is 0 Å². The number of fused-ring (bicyclic) bond motifs is 1. The van der Waals surface area contributed by atoms with E-state index in [1.54, 1.807) is 6.92 Å². The normalized spacial score (nSPS) is 23.8. The summed E-state index contributed by atoms with van der Waals surface area (Å²) in [6.45, 7) is 6.22. The van der Waals surface area contributed by atoms with Crippen LogP contribution in [-0.2, 0) is 27.2 Å². The van der Waals surface area contributed by atoms with Crippen molar-refractivity contribution in [3.05, 3.63) is 35.4 Å². The molecule has 3 rings (SSSR count). The Bertz CT molecular complexity index is 616. The van der Waals surface area contributed by atoms with Crippen molar-refractivity contribution in [3.8, 4) is 0 Å². The number of rotatable bonds is 3. The topological polar surface area (TPSA) is 49.9 Å². The second-order valence-corrected chi connectivity index (χ2v) is 6.62. The van der Waals surface area contributed by atoms with Gasteiger partial charge < -0.3 is 14.5 Å². The summed E-state index contributed by atoms with van der Waals surface area (Å²) >= 11 is 0. The SMILES string of the molecule is CCc1ccccc1CC(=O)N1CCC2OCCN(C(C)=O)C2C1. The van der Waals surface area contributed by atoms with Gasteiger partial charge in [-0.3, -0.25) is 9.59 Å². The lowest BCUT2D eigenvalue weighted by Crippen LogP contribution is -2.61. The third kappa shape index (κ3) is 3.46. The largest absolute Gasteiger partial charge is 0.374 e. The van der Waals surface area contributed by atoms with Crippen LogP contribution in [0.1, 0.15) is 31.4 Å². The van der Waals surface area contributed by atoms with Crippen LogP contribution in [0.3, 0.4) is 0 Å². The van der Waals surface area contributed by atoms with Crippen LogP contribution in [0, 0.1) is 0 Å². The maximum absolute atomic E-state index is 12.8. The van der Waals surface area contributed by atoms with E-state index >= 15 is 0 Å². The highest BCUT2D eigenvalue weighted by molar-refractivity contribution is 5.79. The van der Waals surface area contributed by atoms with Crippen molar-refractivity contribution in [2.75, 3.05) is 26.2 Å². The van der Waals surface area contributed by atoms with E-state index in [-0.39, 0.29) is 24.0 Å². The second kappa shape index (κ2) is 7.34. The lowest BCUT2D eigenvalue weighted by molar-refractivity contribution is -0.155. The van der Waals surface area contributed by atoms with Crippen molar-refractivity contribution < 1.29 is 14.3 Å². The van der Waals surface area contributed by atoms with Gasteiger partial charge in [0.15, 0.2) is 0 Å². The molecule has 1 aromatic rings. The minimum atomic E-state index is -0.00429. The van der Waals surface area contributed by atoms with Crippen LogP contribution >= 0.6 is 0 Å². The van der Waals surface area contributed by atoms with Crippen molar-refractivity contribution >= 4 is 11.8 Å². The molecule has 2 heterocycles. The van der Waals surface area contributed by atoms with Gasteiger partial charge in [-0.25, -0.2) is 0 Å². The van der Waals surface area contributed by atoms with Crippen LogP contribution < -0.4 is 0 Å². The zero-order chi connectivity index (χ0) is 17.1. The van der Waals surface area contributed by atoms with Gasteiger partial charge in [0.1, 0.15) is 0 Å². The first kappa shape index (κ1) is 17.0. The lowest BCUT2D eigenvalue weighted by Gasteiger charge is -2.46. The fraction of sp³-hybridized carbons (Fsp3) is 0.579. The molecule has 0 aromatic heterocycles. The fourth-order valence-corrected chi connectivity index (χ4v) is 3.84. The number of carbonyl (C=O) groups excluding carboxylic acids is 2. The van der Waals surface area contributed by atoms with E-state index in [4.69, 9.17) is 4.74 Å². The Balaban J connectivity index is 1.69. The first-order valence-electron chi connectivity index (χ1n) is 8.83. The van der Waals surface area contributed by atoms with Gasteiger partial charge in [-0.1, -0.05) is 31.2 Å². The molecule has 2 amide bonds. The minimum absolute atomic E-state index is 0.00429. The van der Waals surface area contributed by atoms with Crippen LogP contribution in [0.25, 0.3) is 0 Å². The van der Waals surface area contributed by atoms with Crippen LogP contribution in [0.5, 0.6) is 0 Å². The number of benzene rings is 1. The third-order valence-electron chi connectivity index (χ3n) is 5.18. The molecule has 0 radical (unpaired) electrons. The van der Waals surface area contributed by atoms with Gasteiger partial charge in [0, 0.05) is 26.6 Å². The third-order valence-corrected chi connectivity index (χ3v) is 5.18. The Labute approximate surface area is 143 Å². The summed E-state index contributed by atoms with van der Waals surface area (Å²) in [6.07, 6.45) is 2.23. The van der Waals surface area contributed by atoms with E-state index in [9.17, 15) is 9.59 Å². The van der Waals surface area contributed by atoms with Crippen molar-refractivity contribution in [2.45, 2.75) is 45.3 Å². The predicted octanol–water partition coefficient (Wildman–Crippen LogP) is 1.64. The number of carbonyl (C=O) groups is 2. The quantitative estimate of drug-likeness (QED) is 0.846. The van der Waals surface area contributed by atoms with Crippen LogP contribution in [0.15, 0.2) is 24.3 Å². The van der Waals surface area contributed by atoms with Gasteiger partial charge in [-0.05, 0) is 24.0 Å². The molecule has 5 nitrogen and oxygen atoms in total. The highest BCUT2D eigenvalue weighted by atomic mass is 16.5. The smallest absolute Gasteiger partial charge is 0.227 e. The summed E-state index contributed by atoms with van der Waals surface area (Å²) in [5.41, 5.74) is 2.34. The highest BCUT2D eigenvalue weighted by Crippen LogP contribution is 2.24. The van der Waals surface area contributed by atoms with Gasteiger partial charge in [0.05, 0.1) is 25.2 Å². The maximum atomic E-state index is 12.8. The number of ether oxygens (including phenoxy) is 1. The summed E-state index contributed by atoms with van der Waals surface area (Å²) in [7, 11) is 0. The summed E-state index contributed by atoms with van der Waals surface area (Å²) < 4.78 is 5.81. The van der Waals surface area contributed by atoms with Crippen molar-refractivity contribution in [1.82, 2.24) is 9.80 Å². The number of piperidine rings is 1. The summed E-state index contributed by atoms with van der Waals surface area (Å²) in [5.74, 6) is 0.211. The molecule has 2 aliphatic rings. The molecule has 0 N–H and O–H groups in total. The van der Waals surface area contributed by atoms with Crippen LogP contribution in [0.2, 0.25) is 0 Å². The molecule has 2 fully saturated rings. The van der Waals surface area contributed by atoms with E-state index in [0.717, 1.165) is 18.4 Å². The number of aryl methyl sites for hydroxylation is 1. The number of hydrogen-bond donors (Lipinski definition) is 0. The summed E-state index contributed by atoms with van der Waals surface area (Å²) in [5, 5.41) is 0. The predicted molar refractivity (Wildman–Crippen MR) is 91.6 cm³/mol. The average molecular weight is 330 g/mol. The standard InChI is InChI=1S/C19H26N2O3/c1-3-15-6-4-5-7-16(15)12-19(23)20-9-8-18-17(13-20)21(14(2)22)10-11-24-18/h4-7,17-18H,3,8-13H2,1-2H3. The number of hydrogen-bond acceptors (Lipinski definition) is 3. The minimum Gasteiger partial charge on any atom is -0.374 e. The van der Waals surface area contributed by atoms with Crippen molar-refractivity contribution in [2.24, 2.45) is 0 Å². The molecule has 2 atom stereocenters. The molecule has 2 aliphatic heterocycles.